The highest BCUT2D eigenvalue weighted by atomic mass is 16.6. The molecule has 0 aliphatic heterocycles. The lowest BCUT2D eigenvalue weighted by Crippen LogP contribution is -2.28. The fraction of sp³-hybridized carbons (Fsp3) is 0.545. The molecule has 0 saturated carbocycles. The summed E-state index contributed by atoms with van der Waals surface area (Å²) in [6, 6.07) is 0. The van der Waals surface area contributed by atoms with E-state index in [-0.39, 0.29) is 11.4 Å². The van der Waals surface area contributed by atoms with Gasteiger partial charge in [-0.25, -0.2) is 4.79 Å². The van der Waals surface area contributed by atoms with Crippen LogP contribution in [0.1, 0.15) is 27.7 Å². The summed E-state index contributed by atoms with van der Waals surface area (Å²) in [7, 11) is 1.50. The molecule has 0 spiro atoms. The summed E-state index contributed by atoms with van der Waals surface area (Å²) in [5.74, 6) is -0.604. The summed E-state index contributed by atoms with van der Waals surface area (Å²) < 4.78 is 5.08. The molecule has 0 radical (unpaired) electrons. The fourth-order valence-electron chi connectivity index (χ4n) is 0.886. The molecule has 0 heterocycles. The standard InChI is InChI=1S/C11H18N2O4/c1-8(13(15)16)7-12(6)9(2)10(14)17-11(3,4)5/h7H,2H2,1,3-6H3/b8-7+. The molecule has 0 N–H and O–H groups in total. The van der Waals surface area contributed by atoms with E-state index < -0.39 is 16.5 Å². The Morgan fingerprint density at radius 3 is 2.29 bits per heavy atom. The molecule has 96 valence electrons. The van der Waals surface area contributed by atoms with Crippen LogP contribution in [-0.4, -0.2) is 28.4 Å². The quantitative estimate of drug-likeness (QED) is 0.326. The molecule has 0 saturated heterocycles. The zero-order valence-corrected chi connectivity index (χ0v) is 10.8. The monoisotopic (exact) mass is 242 g/mol. The van der Waals surface area contributed by atoms with Gasteiger partial charge in [-0.15, -0.1) is 0 Å². The van der Waals surface area contributed by atoms with Gasteiger partial charge in [0.05, 0.1) is 11.1 Å². The number of likely N-dealkylation sites (N-methyl/N-ethyl adjacent to an activating group) is 1. The third-order valence-electron chi connectivity index (χ3n) is 1.73. The smallest absolute Gasteiger partial charge is 0.354 e. The highest BCUT2D eigenvalue weighted by Crippen LogP contribution is 2.12. The van der Waals surface area contributed by atoms with E-state index in [1.807, 2.05) is 0 Å². The van der Waals surface area contributed by atoms with Crippen molar-refractivity contribution in [1.82, 2.24) is 4.90 Å². The molecule has 0 amide bonds. The summed E-state index contributed by atoms with van der Waals surface area (Å²) >= 11 is 0. The van der Waals surface area contributed by atoms with Crippen LogP contribution in [0.15, 0.2) is 24.2 Å². The number of rotatable bonds is 4. The van der Waals surface area contributed by atoms with Crippen LogP contribution in [0.3, 0.4) is 0 Å². The van der Waals surface area contributed by atoms with E-state index in [0.717, 1.165) is 0 Å². The summed E-state index contributed by atoms with van der Waals surface area (Å²) in [6.07, 6.45) is 1.21. The summed E-state index contributed by atoms with van der Waals surface area (Å²) in [5.41, 5.74) is -0.666. The van der Waals surface area contributed by atoms with Gasteiger partial charge in [-0.05, 0) is 20.8 Å². The molecule has 0 aliphatic rings. The van der Waals surface area contributed by atoms with E-state index in [1.165, 1.54) is 25.1 Å². The van der Waals surface area contributed by atoms with Crippen LogP contribution in [0.2, 0.25) is 0 Å². The zero-order valence-electron chi connectivity index (χ0n) is 10.8. The van der Waals surface area contributed by atoms with Crippen molar-refractivity contribution in [2.75, 3.05) is 7.05 Å². The van der Waals surface area contributed by atoms with Gasteiger partial charge in [-0.3, -0.25) is 10.1 Å². The molecule has 0 aromatic rings. The van der Waals surface area contributed by atoms with Crippen molar-refractivity contribution in [1.29, 1.82) is 0 Å². The van der Waals surface area contributed by atoms with E-state index in [4.69, 9.17) is 4.74 Å². The Bertz CT molecular complexity index is 366. The molecule has 0 aliphatic carbocycles. The molecule has 0 fully saturated rings. The van der Waals surface area contributed by atoms with Gasteiger partial charge in [0, 0.05) is 14.0 Å². The highest BCUT2D eigenvalue weighted by Gasteiger charge is 2.21. The second-order valence-corrected chi connectivity index (χ2v) is 4.59. The van der Waals surface area contributed by atoms with Crippen LogP contribution in [0.5, 0.6) is 0 Å². The number of nitrogens with zero attached hydrogens (tertiary/aromatic N) is 2. The minimum Gasteiger partial charge on any atom is -0.455 e. The highest BCUT2D eigenvalue weighted by molar-refractivity contribution is 5.87. The Kier molecular flexibility index (Phi) is 4.87. The minimum atomic E-state index is -0.622. The SMILES string of the molecule is C=C(C(=O)OC(C)(C)C)N(C)/C=C(\C)[N+](=O)[O-]. The van der Waals surface area contributed by atoms with Gasteiger partial charge in [-0.2, -0.15) is 0 Å². The number of allylic oxidation sites excluding steroid dienone is 1. The maximum Gasteiger partial charge on any atom is 0.354 e. The Labute approximate surface area is 101 Å². The number of nitro groups is 1. The molecular formula is C11H18N2O4. The molecular weight excluding hydrogens is 224 g/mol. The molecule has 6 nitrogen and oxygen atoms in total. The van der Waals surface area contributed by atoms with E-state index in [1.54, 1.807) is 20.8 Å². The van der Waals surface area contributed by atoms with Gasteiger partial charge in [0.1, 0.15) is 11.3 Å². The van der Waals surface area contributed by atoms with E-state index in [9.17, 15) is 14.9 Å². The fourth-order valence-corrected chi connectivity index (χ4v) is 0.886. The van der Waals surface area contributed by atoms with Gasteiger partial charge in [0.25, 0.3) is 5.70 Å². The number of carbonyl (C=O) groups is 1. The molecule has 17 heavy (non-hydrogen) atoms. The Morgan fingerprint density at radius 2 is 1.94 bits per heavy atom. The first-order chi connectivity index (χ1) is 7.54. The number of hydrogen-bond donors (Lipinski definition) is 0. The Balaban J connectivity index is 4.68. The lowest BCUT2D eigenvalue weighted by atomic mass is 10.2. The van der Waals surface area contributed by atoms with E-state index in [2.05, 4.69) is 6.58 Å². The van der Waals surface area contributed by atoms with E-state index >= 15 is 0 Å². The minimum absolute atomic E-state index is 0.0427. The predicted molar refractivity (Wildman–Crippen MR) is 63.5 cm³/mol. The summed E-state index contributed by atoms with van der Waals surface area (Å²) in [4.78, 5) is 22.7. The van der Waals surface area contributed by atoms with Crippen LogP contribution >= 0.6 is 0 Å². The maximum absolute atomic E-state index is 11.6. The van der Waals surface area contributed by atoms with E-state index in [0.29, 0.717) is 0 Å². The number of esters is 1. The van der Waals surface area contributed by atoms with Crippen molar-refractivity contribution in [3.8, 4) is 0 Å². The molecule has 0 atom stereocenters. The van der Waals surface area contributed by atoms with Crippen molar-refractivity contribution < 1.29 is 14.5 Å². The second kappa shape index (κ2) is 5.47. The first-order valence-corrected chi connectivity index (χ1v) is 5.02. The third-order valence-corrected chi connectivity index (χ3v) is 1.73. The van der Waals surface area contributed by atoms with Crippen molar-refractivity contribution in [2.24, 2.45) is 0 Å². The Hall–Kier alpha value is -1.85. The van der Waals surface area contributed by atoms with Crippen LogP contribution in [0.4, 0.5) is 0 Å². The van der Waals surface area contributed by atoms with Gasteiger partial charge in [0.15, 0.2) is 0 Å². The molecule has 6 heteroatoms. The largest absolute Gasteiger partial charge is 0.455 e. The normalized spacial score (nSPS) is 11.9. The average molecular weight is 242 g/mol. The molecule has 0 aromatic carbocycles. The van der Waals surface area contributed by atoms with Gasteiger partial charge < -0.3 is 9.64 Å². The van der Waals surface area contributed by atoms with Gasteiger partial charge >= 0.3 is 5.97 Å². The van der Waals surface area contributed by atoms with Crippen molar-refractivity contribution in [2.45, 2.75) is 33.3 Å². The zero-order chi connectivity index (χ0) is 13.8. The number of ether oxygens (including phenoxy) is 1. The number of hydrogen-bond acceptors (Lipinski definition) is 5. The van der Waals surface area contributed by atoms with Gasteiger partial charge in [0.2, 0.25) is 0 Å². The second-order valence-electron chi connectivity index (χ2n) is 4.59. The first-order valence-electron chi connectivity index (χ1n) is 5.02. The number of carbonyl (C=O) groups excluding carboxylic acids is 1. The predicted octanol–water partition coefficient (Wildman–Crippen LogP) is 1.91. The lowest BCUT2D eigenvalue weighted by molar-refractivity contribution is -0.425. The van der Waals surface area contributed by atoms with Crippen LogP contribution < -0.4 is 0 Å². The summed E-state index contributed by atoms with van der Waals surface area (Å²) in [5, 5.41) is 10.4. The van der Waals surface area contributed by atoms with Crippen LogP contribution in [0.25, 0.3) is 0 Å². The van der Waals surface area contributed by atoms with Crippen LogP contribution in [0, 0.1) is 10.1 Å². The molecule has 0 bridgehead atoms. The average Bonchev–Trinajstić information content (AvgIpc) is 2.13. The lowest BCUT2D eigenvalue weighted by Gasteiger charge is -2.22. The first kappa shape index (κ1) is 15.2. The van der Waals surface area contributed by atoms with Gasteiger partial charge in [-0.1, -0.05) is 6.58 Å². The Morgan fingerprint density at radius 1 is 1.47 bits per heavy atom. The molecule has 0 rings (SSSR count). The van der Waals surface area contributed by atoms with Crippen molar-refractivity contribution >= 4 is 5.97 Å². The third kappa shape index (κ3) is 5.70. The summed E-state index contributed by atoms with van der Waals surface area (Å²) in [6.45, 7) is 10.1. The topological polar surface area (TPSA) is 72.7 Å². The van der Waals surface area contributed by atoms with Crippen LogP contribution in [-0.2, 0) is 9.53 Å². The van der Waals surface area contributed by atoms with Crippen molar-refractivity contribution in [3.63, 3.8) is 0 Å². The molecule has 0 unspecified atom stereocenters. The molecule has 0 aromatic heterocycles. The maximum atomic E-state index is 11.6. The van der Waals surface area contributed by atoms with Crippen molar-refractivity contribution in [3.05, 3.63) is 34.3 Å².